The highest BCUT2D eigenvalue weighted by molar-refractivity contribution is 7.89. The zero-order chi connectivity index (χ0) is 24.3. The molecule has 3 rings (SSSR count). The molecule has 1 aromatic carbocycles. The molecule has 0 aliphatic carbocycles. The molecule has 1 amide bonds. The molecule has 0 spiro atoms. The van der Waals surface area contributed by atoms with Crippen molar-refractivity contribution in [1.82, 2.24) is 8.87 Å². The second-order valence-corrected chi connectivity index (χ2v) is 10.3. The van der Waals surface area contributed by atoms with Gasteiger partial charge in [-0.05, 0) is 64.8 Å². The molecule has 1 saturated heterocycles. The number of carbonyl (C=O) groups excluding carboxylic acids is 2. The van der Waals surface area contributed by atoms with Gasteiger partial charge in [0.15, 0.2) is 0 Å². The number of nitrogens with one attached hydrogen (secondary N) is 1. The van der Waals surface area contributed by atoms with Crippen molar-refractivity contribution < 1.29 is 22.7 Å². The van der Waals surface area contributed by atoms with Crippen molar-refractivity contribution in [3.05, 3.63) is 46.2 Å². The van der Waals surface area contributed by atoms with E-state index in [4.69, 9.17) is 16.3 Å². The van der Waals surface area contributed by atoms with Crippen LogP contribution in [0, 0.1) is 19.8 Å². The summed E-state index contributed by atoms with van der Waals surface area (Å²) in [6.45, 7) is 7.98. The minimum absolute atomic E-state index is 0.0286. The highest BCUT2D eigenvalue weighted by Crippen LogP contribution is 2.33. The Morgan fingerprint density at radius 2 is 1.82 bits per heavy atom. The van der Waals surface area contributed by atoms with Gasteiger partial charge >= 0.3 is 5.97 Å². The topological polar surface area (TPSA) is 97.7 Å². The van der Waals surface area contributed by atoms with Gasteiger partial charge in [-0.2, -0.15) is 4.31 Å². The maximum absolute atomic E-state index is 13.7. The summed E-state index contributed by atoms with van der Waals surface area (Å²) in [6.07, 6.45) is 1.11. The van der Waals surface area contributed by atoms with E-state index in [0.717, 1.165) is 0 Å². The van der Waals surface area contributed by atoms with Crippen LogP contribution in [-0.2, 0) is 26.1 Å². The van der Waals surface area contributed by atoms with Gasteiger partial charge in [-0.1, -0.05) is 11.6 Å². The minimum Gasteiger partial charge on any atom is -0.462 e. The average molecular weight is 496 g/mol. The summed E-state index contributed by atoms with van der Waals surface area (Å²) in [4.78, 5) is 25.5. The zero-order valence-corrected chi connectivity index (χ0v) is 20.9. The molecule has 2 aromatic rings. The lowest BCUT2D eigenvalue weighted by Gasteiger charge is -2.31. The summed E-state index contributed by atoms with van der Waals surface area (Å²) in [5.74, 6) is -1.41. The minimum atomic E-state index is -4.03. The zero-order valence-electron chi connectivity index (χ0n) is 19.4. The summed E-state index contributed by atoms with van der Waals surface area (Å²) in [6, 6.07) is 6.75. The highest BCUT2D eigenvalue weighted by atomic mass is 35.5. The second kappa shape index (κ2) is 10.3. The van der Waals surface area contributed by atoms with Crippen molar-refractivity contribution in [3.63, 3.8) is 0 Å². The van der Waals surface area contributed by atoms with Crippen molar-refractivity contribution in [1.29, 1.82) is 0 Å². The van der Waals surface area contributed by atoms with E-state index in [9.17, 15) is 18.0 Å². The lowest BCUT2D eigenvalue weighted by molar-refractivity contribution is -0.120. The number of carbonyl (C=O) groups is 2. The fraction of sp³-hybridized carbons (Fsp3) is 0.478. The fourth-order valence-electron chi connectivity index (χ4n) is 4.37. The van der Waals surface area contributed by atoms with Gasteiger partial charge in [0.25, 0.3) is 0 Å². The Labute approximate surface area is 199 Å². The van der Waals surface area contributed by atoms with Gasteiger partial charge in [0.05, 0.1) is 12.5 Å². The Kier molecular flexibility index (Phi) is 7.87. The summed E-state index contributed by atoms with van der Waals surface area (Å²) in [7, 11) is -4.03. The average Bonchev–Trinajstić information content (AvgIpc) is 3.05. The van der Waals surface area contributed by atoms with Gasteiger partial charge in [-0.25, -0.2) is 13.2 Å². The standard InChI is InChI=1S/C23H30ClN3O5S/c1-5-27-15(3)20(23(29)32-6-2)21(16(27)4)33(30,31)26-13-7-8-17(14-26)22(28)25-19-11-9-18(24)10-12-19/h9-12,17H,5-8,13-14H2,1-4H3,(H,25,28). The summed E-state index contributed by atoms with van der Waals surface area (Å²) < 4.78 is 35.8. The second-order valence-electron chi connectivity index (χ2n) is 8.04. The normalized spacial score (nSPS) is 17.1. The number of anilines is 1. The summed E-state index contributed by atoms with van der Waals surface area (Å²) in [5.41, 5.74) is 1.72. The molecule has 2 heterocycles. The smallest absolute Gasteiger partial charge is 0.341 e. The third kappa shape index (κ3) is 5.10. The SMILES string of the molecule is CCOC(=O)c1c(S(=O)(=O)N2CCCC(C(=O)Nc3ccc(Cl)cc3)C2)c(C)n(CC)c1C. The number of amides is 1. The Balaban J connectivity index is 1.90. The third-order valence-corrected chi connectivity index (χ3v) is 8.27. The van der Waals surface area contributed by atoms with Crippen molar-refractivity contribution in [2.45, 2.75) is 52.0 Å². The van der Waals surface area contributed by atoms with Gasteiger partial charge in [0, 0.05) is 41.7 Å². The van der Waals surface area contributed by atoms with Crippen LogP contribution < -0.4 is 5.32 Å². The van der Waals surface area contributed by atoms with Crippen LogP contribution in [0.5, 0.6) is 0 Å². The van der Waals surface area contributed by atoms with Crippen molar-refractivity contribution in [3.8, 4) is 0 Å². The molecule has 33 heavy (non-hydrogen) atoms. The van der Waals surface area contributed by atoms with E-state index in [-0.39, 0.29) is 36.1 Å². The van der Waals surface area contributed by atoms with E-state index >= 15 is 0 Å². The number of sulfonamides is 1. The third-order valence-electron chi connectivity index (χ3n) is 5.99. The molecule has 0 bridgehead atoms. The van der Waals surface area contributed by atoms with E-state index in [1.165, 1.54) is 4.31 Å². The Morgan fingerprint density at radius 1 is 1.15 bits per heavy atom. The predicted molar refractivity (Wildman–Crippen MR) is 127 cm³/mol. The number of esters is 1. The first kappa shape index (κ1) is 25.3. The van der Waals surface area contributed by atoms with Crippen LogP contribution in [0.25, 0.3) is 0 Å². The van der Waals surface area contributed by atoms with Crippen molar-refractivity contribution in [2.24, 2.45) is 5.92 Å². The Morgan fingerprint density at radius 3 is 2.42 bits per heavy atom. The van der Waals surface area contributed by atoms with Crippen LogP contribution >= 0.6 is 11.6 Å². The van der Waals surface area contributed by atoms with Gasteiger partial charge in [0.2, 0.25) is 15.9 Å². The summed E-state index contributed by atoms with van der Waals surface area (Å²) in [5, 5.41) is 3.39. The number of halogens is 1. The number of benzene rings is 1. The van der Waals surface area contributed by atoms with E-state index < -0.39 is 21.9 Å². The predicted octanol–water partition coefficient (Wildman–Crippen LogP) is 3.99. The fourth-order valence-corrected chi connectivity index (χ4v) is 6.47. The Bertz CT molecular complexity index is 1140. The number of aromatic nitrogens is 1. The molecule has 1 unspecified atom stereocenters. The first-order valence-corrected chi connectivity index (χ1v) is 12.9. The molecule has 0 radical (unpaired) electrons. The van der Waals surface area contributed by atoms with Gasteiger partial charge in [-0.15, -0.1) is 0 Å². The van der Waals surface area contributed by atoms with Crippen LogP contribution in [0.1, 0.15) is 48.4 Å². The van der Waals surface area contributed by atoms with Crippen molar-refractivity contribution in [2.75, 3.05) is 25.0 Å². The number of hydrogen-bond donors (Lipinski definition) is 1. The van der Waals surface area contributed by atoms with Crippen LogP contribution in [-0.4, -0.2) is 48.9 Å². The van der Waals surface area contributed by atoms with Crippen LogP contribution in [0.3, 0.4) is 0 Å². The summed E-state index contributed by atoms with van der Waals surface area (Å²) >= 11 is 5.89. The molecule has 0 saturated carbocycles. The number of ether oxygens (including phenoxy) is 1. The highest BCUT2D eigenvalue weighted by Gasteiger charge is 2.39. The Hall–Kier alpha value is -2.36. The van der Waals surface area contributed by atoms with Gasteiger partial charge in [-0.3, -0.25) is 4.79 Å². The van der Waals surface area contributed by atoms with Crippen LogP contribution in [0.15, 0.2) is 29.2 Å². The quantitative estimate of drug-likeness (QED) is 0.585. The molecule has 1 atom stereocenters. The number of hydrogen-bond acceptors (Lipinski definition) is 5. The first-order chi connectivity index (χ1) is 15.6. The molecular weight excluding hydrogens is 466 g/mol. The lowest BCUT2D eigenvalue weighted by atomic mass is 9.99. The molecule has 1 aliphatic rings. The monoisotopic (exact) mass is 495 g/mol. The van der Waals surface area contributed by atoms with E-state index in [0.29, 0.717) is 41.5 Å². The van der Waals surface area contributed by atoms with Crippen LogP contribution in [0.2, 0.25) is 5.02 Å². The molecule has 8 nitrogen and oxygen atoms in total. The first-order valence-electron chi connectivity index (χ1n) is 11.0. The maximum Gasteiger partial charge on any atom is 0.341 e. The molecule has 10 heteroatoms. The lowest BCUT2D eigenvalue weighted by Crippen LogP contribution is -2.44. The molecular formula is C23H30ClN3O5S. The van der Waals surface area contributed by atoms with E-state index in [1.54, 1.807) is 49.6 Å². The molecule has 1 fully saturated rings. The van der Waals surface area contributed by atoms with Crippen LogP contribution in [0.4, 0.5) is 5.69 Å². The molecule has 1 aromatic heterocycles. The van der Waals surface area contributed by atoms with E-state index in [1.807, 2.05) is 6.92 Å². The van der Waals surface area contributed by atoms with Crippen molar-refractivity contribution >= 4 is 39.2 Å². The molecule has 1 aliphatic heterocycles. The molecule has 1 N–H and O–H groups in total. The maximum atomic E-state index is 13.7. The number of nitrogens with zero attached hydrogens (tertiary/aromatic N) is 2. The van der Waals surface area contributed by atoms with Gasteiger partial charge < -0.3 is 14.6 Å². The van der Waals surface area contributed by atoms with Gasteiger partial charge in [0.1, 0.15) is 10.5 Å². The number of piperidine rings is 1. The van der Waals surface area contributed by atoms with E-state index in [2.05, 4.69) is 5.32 Å². The number of rotatable bonds is 7. The largest absolute Gasteiger partial charge is 0.462 e. The molecule has 180 valence electrons.